The second kappa shape index (κ2) is 11.6. The number of nitrogens with zero attached hydrogens (tertiary/aromatic N) is 2. The molecule has 2 heterocycles. The molecule has 0 radical (unpaired) electrons. The van der Waals surface area contributed by atoms with Crippen LogP contribution >= 0.6 is 11.3 Å². The molecule has 0 saturated carbocycles. The van der Waals surface area contributed by atoms with Crippen LogP contribution in [0.4, 0.5) is 0 Å². The van der Waals surface area contributed by atoms with Crippen LogP contribution in [-0.2, 0) is 0 Å². The van der Waals surface area contributed by atoms with Crippen molar-refractivity contribution in [3.8, 4) is 44.1 Å². The van der Waals surface area contributed by atoms with Crippen LogP contribution in [0.25, 0.3) is 86.7 Å². The normalized spacial score (nSPS) is 12.0. The molecule has 0 saturated heterocycles. The largest absolute Gasteiger partial charge is 0.247 e. The standard InChI is InChI=1S/C45H34N2SSi/c1-49(2,3)37-23-20-30(21-24-37)44-40-9-5-4-8-38(40)39-25-22-36(28-42(39)46-44)35-19-18-33-26-32(16-17-34(33)27-35)29-12-14-31(15-13-29)45-47-41-10-6-7-11-43(41)48-45/h4-28H,1-3H3. The maximum absolute atomic E-state index is 5.30. The zero-order valence-corrected chi connectivity index (χ0v) is 29.6. The number of hydrogen-bond acceptors (Lipinski definition) is 3. The number of pyridine rings is 1. The first-order valence-corrected chi connectivity index (χ1v) is 21.1. The van der Waals surface area contributed by atoms with Gasteiger partial charge in [-0.3, -0.25) is 0 Å². The average molecular weight is 663 g/mol. The minimum absolute atomic E-state index is 1.02. The summed E-state index contributed by atoms with van der Waals surface area (Å²) in [6, 6.07) is 55.2. The smallest absolute Gasteiger partial charge is 0.124 e. The van der Waals surface area contributed by atoms with E-state index in [2.05, 4.69) is 165 Å². The van der Waals surface area contributed by atoms with Gasteiger partial charge in [0.25, 0.3) is 0 Å². The van der Waals surface area contributed by atoms with Gasteiger partial charge < -0.3 is 0 Å². The molecule has 7 aromatic carbocycles. The average Bonchev–Trinajstić information content (AvgIpc) is 3.58. The van der Waals surface area contributed by atoms with Crippen LogP contribution in [0.5, 0.6) is 0 Å². The van der Waals surface area contributed by atoms with Gasteiger partial charge in [-0.1, -0.05) is 146 Å². The van der Waals surface area contributed by atoms with E-state index in [4.69, 9.17) is 9.97 Å². The fourth-order valence-electron chi connectivity index (χ4n) is 6.89. The third kappa shape index (κ3) is 5.43. The number of hydrogen-bond donors (Lipinski definition) is 0. The lowest BCUT2D eigenvalue weighted by molar-refractivity contribution is 1.43. The summed E-state index contributed by atoms with van der Waals surface area (Å²) in [5, 5.41) is 8.58. The molecule has 0 bridgehead atoms. The Morgan fingerprint density at radius 2 is 1.00 bits per heavy atom. The second-order valence-corrected chi connectivity index (χ2v) is 20.0. The Bertz CT molecular complexity index is 2650. The highest BCUT2D eigenvalue weighted by Crippen LogP contribution is 2.36. The molecule has 0 atom stereocenters. The number of para-hydroxylation sites is 1. The van der Waals surface area contributed by atoms with E-state index < -0.39 is 8.07 Å². The lowest BCUT2D eigenvalue weighted by Gasteiger charge is -2.17. The first kappa shape index (κ1) is 29.7. The molecule has 0 N–H and O–H groups in total. The monoisotopic (exact) mass is 662 g/mol. The van der Waals surface area contributed by atoms with Crippen LogP contribution in [0.2, 0.25) is 19.6 Å². The van der Waals surface area contributed by atoms with Crippen LogP contribution in [0.3, 0.4) is 0 Å². The number of thiazole rings is 1. The van der Waals surface area contributed by atoms with E-state index in [1.807, 2.05) is 6.07 Å². The molecule has 0 aliphatic heterocycles. The third-order valence-electron chi connectivity index (χ3n) is 9.66. The summed E-state index contributed by atoms with van der Waals surface area (Å²) in [7, 11) is -1.38. The minimum atomic E-state index is -1.38. The number of aromatic nitrogens is 2. The molecular formula is C45H34N2SSi. The zero-order valence-electron chi connectivity index (χ0n) is 27.7. The predicted octanol–water partition coefficient (Wildman–Crippen LogP) is 12.4. The van der Waals surface area contributed by atoms with E-state index in [0.717, 1.165) is 27.3 Å². The zero-order chi connectivity index (χ0) is 33.1. The molecule has 9 rings (SSSR count). The molecule has 0 fully saturated rings. The molecule has 0 aliphatic carbocycles. The van der Waals surface area contributed by atoms with Crippen molar-refractivity contribution < 1.29 is 0 Å². The Morgan fingerprint density at radius 3 is 1.71 bits per heavy atom. The van der Waals surface area contributed by atoms with Gasteiger partial charge in [0, 0.05) is 21.9 Å². The summed E-state index contributed by atoms with van der Waals surface area (Å²) >= 11 is 1.74. The van der Waals surface area contributed by atoms with Gasteiger partial charge in [-0.15, -0.1) is 11.3 Å². The van der Waals surface area contributed by atoms with Crippen molar-refractivity contribution in [2.24, 2.45) is 0 Å². The number of benzene rings is 7. The van der Waals surface area contributed by atoms with Gasteiger partial charge in [0.2, 0.25) is 0 Å². The van der Waals surface area contributed by atoms with E-state index >= 15 is 0 Å². The summed E-state index contributed by atoms with van der Waals surface area (Å²) < 4.78 is 1.22. The molecule has 2 aromatic heterocycles. The summed E-state index contributed by atoms with van der Waals surface area (Å²) in [5.41, 5.74) is 10.2. The topological polar surface area (TPSA) is 25.8 Å². The number of rotatable bonds is 5. The van der Waals surface area contributed by atoms with Crippen molar-refractivity contribution in [1.29, 1.82) is 0 Å². The fraction of sp³-hybridized carbons (Fsp3) is 0.0667. The Morgan fingerprint density at radius 1 is 0.429 bits per heavy atom. The van der Waals surface area contributed by atoms with Crippen molar-refractivity contribution >= 4 is 67.3 Å². The lowest BCUT2D eigenvalue weighted by Crippen LogP contribution is -2.37. The Balaban J connectivity index is 1.05. The van der Waals surface area contributed by atoms with Crippen molar-refractivity contribution in [3.05, 3.63) is 152 Å². The van der Waals surface area contributed by atoms with E-state index in [1.165, 1.54) is 64.6 Å². The van der Waals surface area contributed by atoms with E-state index in [1.54, 1.807) is 11.3 Å². The maximum atomic E-state index is 5.30. The van der Waals surface area contributed by atoms with Gasteiger partial charge in [-0.05, 0) is 68.7 Å². The van der Waals surface area contributed by atoms with Gasteiger partial charge in [0.15, 0.2) is 0 Å². The van der Waals surface area contributed by atoms with Crippen LogP contribution in [0.1, 0.15) is 0 Å². The van der Waals surface area contributed by atoms with Crippen molar-refractivity contribution in [1.82, 2.24) is 9.97 Å². The summed E-state index contributed by atoms with van der Waals surface area (Å²) in [6.07, 6.45) is 0. The van der Waals surface area contributed by atoms with Crippen LogP contribution in [0.15, 0.2) is 152 Å². The molecule has 49 heavy (non-hydrogen) atoms. The molecule has 9 aromatic rings. The molecule has 4 heteroatoms. The lowest BCUT2D eigenvalue weighted by atomic mass is 9.95. The quantitative estimate of drug-likeness (QED) is 0.135. The van der Waals surface area contributed by atoms with E-state index in [0.29, 0.717) is 0 Å². The van der Waals surface area contributed by atoms with Crippen molar-refractivity contribution in [2.45, 2.75) is 19.6 Å². The van der Waals surface area contributed by atoms with Crippen molar-refractivity contribution in [2.75, 3.05) is 0 Å². The molecule has 234 valence electrons. The van der Waals surface area contributed by atoms with Gasteiger partial charge in [-0.2, -0.15) is 0 Å². The van der Waals surface area contributed by atoms with Gasteiger partial charge in [0.1, 0.15) is 5.01 Å². The first-order chi connectivity index (χ1) is 23.9. The highest BCUT2D eigenvalue weighted by atomic mass is 32.1. The van der Waals surface area contributed by atoms with Crippen LogP contribution in [0, 0.1) is 0 Å². The molecule has 0 amide bonds. The van der Waals surface area contributed by atoms with E-state index in [9.17, 15) is 0 Å². The first-order valence-electron chi connectivity index (χ1n) is 16.8. The maximum Gasteiger partial charge on any atom is 0.124 e. The van der Waals surface area contributed by atoms with Crippen LogP contribution in [-0.4, -0.2) is 18.0 Å². The molecule has 0 aliphatic rings. The van der Waals surface area contributed by atoms with Gasteiger partial charge >= 0.3 is 0 Å². The molecule has 0 unspecified atom stereocenters. The van der Waals surface area contributed by atoms with E-state index in [-0.39, 0.29) is 0 Å². The van der Waals surface area contributed by atoms with Crippen LogP contribution < -0.4 is 5.19 Å². The summed E-state index contributed by atoms with van der Waals surface area (Å²) in [4.78, 5) is 10.1. The SMILES string of the molecule is C[Si](C)(C)c1ccc(-c2nc3cc(-c4ccc5cc(-c6ccc(-c7nc8ccccc8s7)cc6)ccc5c4)ccc3c3ccccc23)cc1. The fourth-order valence-corrected chi connectivity index (χ4v) is 9.03. The second-order valence-electron chi connectivity index (χ2n) is 13.9. The van der Waals surface area contributed by atoms with Gasteiger partial charge in [0.05, 0.1) is 29.5 Å². The van der Waals surface area contributed by atoms with Gasteiger partial charge in [-0.25, -0.2) is 9.97 Å². The molecule has 2 nitrogen and oxygen atoms in total. The van der Waals surface area contributed by atoms with Crippen molar-refractivity contribution in [3.63, 3.8) is 0 Å². The Kier molecular flexibility index (Phi) is 7.04. The molecular weight excluding hydrogens is 629 g/mol. The third-order valence-corrected chi connectivity index (χ3v) is 12.8. The highest BCUT2D eigenvalue weighted by Gasteiger charge is 2.17. The Labute approximate surface area is 291 Å². The molecule has 0 spiro atoms. The predicted molar refractivity (Wildman–Crippen MR) is 215 cm³/mol. The Hall–Kier alpha value is -5.42. The summed E-state index contributed by atoms with van der Waals surface area (Å²) in [5.74, 6) is 0. The summed E-state index contributed by atoms with van der Waals surface area (Å²) in [6.45, 7) is 7.18. The number of fused-ring (bicyclic) bond motifs is 5. The highest BCUT2D eigenvalue weighted by molar-refractivity contribution is 7.21. The minimum Gasteiger partial charge on any atom is -0.247 e.